The number of thioether (sulfide) groups is 1. The van der Waals surface area contributed by atoms with Gasteiger partial charge in [-0.25, -0.2) is 13.1 Å². The van der Waals surface area contributed by atoms with Gasteiger partial charge in [0.2, 0.25) is 10.0 Å². The Hall–Kier alpha value is -1.30. The van der Waals surface area contributed by atoms with E-state index < -0.39 is 10.0 Å². The van der Waals surface area contributed by atoms with E-state index in [0.29, 0.717) is 11.4 Å². The molecule has 21 heavy (non-hydrogen) atoms. The second kappa shape index (κ2) is 7.64. The van der Waals surface area contributed by atoms with Crippen molar-refractivity contribution in [2.45, 2.75) is 17.6 Å². The van der Waals surface area contributed by atoms with Crippen LogP contribution in [0.1, 0.15) is 11.1 Å². The summed E-state index contributed by atoms with van der Waals surface area (Å²) in [6.45, 7) is 2.53. The number of benzene rings is 2. The van der Waals surface area contributed by atoms with Crippen LogP contribution in [0.3, 0.4) is 0 Å². The summed E-state index contributed by atoms with van der Waals surface area (Å²) in [6, 6.07) is 16.7. The molecule has 0 atom stereocenters. The van der Waals surface area contributed by atoms with Crippen molar-refractivity contribution < 1.29 is 8.42 Å². The summed E-state index contributed by atoms with van der Waals surface area (Å²) in [7, 11) is -3.38. The van der Waals surface area contributed by atoms with Gasteiger partial charge in [0.15, 0.2) is 0 Å². The molecule has 0 aliphatic heterocycles. The van der Waals surface area contributed by atoms with Crippen molar-refractivity contribution in [1.82, 2.24) is 4.72 Å². The average Bonchev–Trinajstić information content (AvgIpc) is 2.49. The molecule has 0 unspecified atom stereocenters. The Morgan fingerprint density at radius 3 is 2.38 bits per heavy atom. The first kappa shape index (κ1) is 16.1. The largest absolute Gasteiger partial charge is 0.240 e. The first-order valence-electron chi connectivity index (χ1n) is 6.76. The molecule has 0 heterocycles. The van der Waals surface area contributed by atoms with Gasteiger partial charge >= 0.3 is 0 Å². The van der Waals surface area contributed by atoms with Gasteiger partial charge in [-0.1, -0.05) is 42.5 Å². The van der Waals surface area contributed by atoms with E-state index in [1.807, 2.05) is 12.1 Å². The maximum atomic E-state index is 12.0. The lowest BCUT2D eigenvalue weighted by Crippen LogP contribution is -2.26. The molecule has 0 fully saturated rings. The van der Waals surface area contributed by atoms with Gasteiger partial charge in [0.1, 0.15) is 0 Å². The molecule has 2 aromatic rings. The van der Waals surface area contributed by atoms with E-state index in [0.717, 1.165) is 11.5 Å². The monoisotopic (exact) mass is 321 g/mol. The van der Waals surface area contributed by atoms with E-state index in [-0.39, 0.29) is 0 Å². The number of rotatable bonds is 7. The molecule has 0 aromatic heterocycles. The molecular formula is C16H19NO2S2. The summed E-state index contributed by atoms with van der Waals surface area (Å²) in [4.78, 5) is 0.314. The molecule has 0 amide bonds. The third-order valence-electron chi connectivity index (χ3n) is 3.11. The minimum absolute atomic E-state index is 0.314. The topological polar surface area (TPSA) is 46.2 Å². The molecule has 3 nitrogen and oxygen atoms in total. The summed E-state index contributed by atoms with van der Waals surface area (Å²) in [5.74, 6) is 1.65. The second-order valence-electron chi connectivity index (χ2n) is 4.69. The van der Waals surface area contributed by atoms with E-state index in [2.05, 4.69) is 23.8 Å². The van der Waals surface area contributed by atoms with Gasteiger partial charge < -0.3 is 0 Å². The van der Waals surface area contributed by atoms with Crippen molar-refractivity contribution >= 4 is 21.8 Å². The number of aryl methyl sites for hydroxylation is 1. The van der Waals surface area contributed by atoms with Gasteiger partial charge in [-0.3, -0.25) is 0 Å². The highest BCUT2D eigenvalue weighted by molar-refractivity contribution is 7.98. The Morgan fingerprint density at radius 1 is 1.00 bits per heavy atom. The van der Waals surface area contributed by atoms with Crippen LogP contribution < -0.4 is 4.72 Å². The summed E-state index contributed by atoms with van der Waals surface area (Å²) >= 11 is 1.73. The van der Waals surface area contributed by atoms with Crippen molar-refractivity contribution in [3.05, 3.63) is 65.7 Å². The van der Waals surface area contributed by atoms with Gasteiger partial charge in [0.05, 0.1) is 4.90 Å². The van der Waals surface area contributed by atoms with Crippen LogP contribution in [-0.4, -0.2) is 20.7 Å². The fourth-order valence-corrected chi connectivity index (χ4v) is 4.00. The van der Waals surface area contributed by atoms with E-state index in [1.165, 1.54) is 11.1 Å². The fraction of sp³-hybridized carbons (Fsp3) is 0.250. The zero-order valence-corrected chi connectivity index (χ0v) is 13.6. The Kier molecular flexibility index (Phi) is 5.85. The van der Waals surface area contributed by atoms with Crippen molar-refractivity contribution in [2.75, 3.05) is 12.3 Å². The quantitative estimate of drug-likeness (QED) is 0.797. The number of hydrogen-bond donors (Lipinski definition) is 1. The van der Waals surface area contributed by atoms with Crippen LogP contribution in [0.15, 0.2) is 59.5 Å². The standard InChI is InChI=1S/C16H19NO2S2/c1-14-7-5-6-8-15(14)13-20-12-11-17-21(18,19)16-9-3-2-4-10-16/h2-10,17H,11-13H2,1H3. The van der Waals surface area contributed by atoms with Crippen LogP contribution in [0.2, 0.25) is 0 Å². The maximum absolute atomic E-state index is 12.0. The van der Waals surface area contributed by atoms with Crippen LogP contribution in [0.25, 0.3) is 0 Å². The van der Waals surface area contributed by atoms with Crippen LogP contribution in [0.4, 0.5) is 0 Å². The molecule has 0 radical (unpaired) electrons. The van der Waals surface area contributed by atoms with Gasteiger partial charge in [-0.15, -0.1) is 0 Å². The van der Waals surface area contributed by atoms with Gasteiger partial charge in [0.25, 0.3) is 0 Å². The molecule has 0 aliphatic carbocycles. The average molecular weight is 321 g/mol. The van der Waals surface area contributed by atoms with Crippen LogP contribution in [-0.2, 0) is 15.8 Å². The first-order chi connectivity index (χ1) is 10.1. The van der Waals surface area contributed by atoms with Gasteiger partial charge in [0, 0.05) is 18.1 Å². The molecule has 112 valence electrons. The van der Waals surface area contributed by atoms with E-state index in [4.69, 9.17) is 0 Å². The van der Waals surface area contributed by atoms with Crippen molar-refractivity contribution in [3.8, 4) is 0 Å². The third-order valence-corrected chi connectivity index (χ3v) is 5.60. The van der Waals surface area contributed by atoms with Gasteiger partial charge in [-0.05, 0) is 30.2 Å². The summed E-state index contributed by atoms with van der Waals surface area (Å²) in [5, 5.41) is 0. The lowest BCUT2D eigenvalue weighted by atomic mass is 10.1. The zero-order chi connectivity index (χ0) is 15.1. The molecule has 5 heteroatoms. The Bertz CT molecular complexity index is 670. The van der Waals surface area contributed by atoms with Crippen LogP contribution in [0.5, 0.6) is 0 Å². The molecule has 0 saturated heterocycles. The second-order valence-corrected chi connectivity index (χ2v) is 7.56. The molecule has 0 bridgehead atoms. The predicted molar refractivity (Wildman–Crippen MR) is 89.0 cm³/mol. The number of sulfonamides is 1. The van der Waals surface area contributed by atoms with Crippen molar-refractivity contribution in [2.24, 2.45) is 0 Å². The Labute approximate surface area is 130 Å². The molecule has 0 aliphatic rings. The fourth-order valence-electron chi connectivity index (χ4n) is 1.89. The smallest absolute Gasteiger partial charge is 0.210 e. The SMILES string of the molecule is Cc1ccccc1CSCCNS(=O)(=O)c1ccccc1. The normalized spacial score (nSPS) is 11.5. The van der Waals surface area contributed by atoms with E-state index in [1.54, 1.807) is 42.1 Å². The molecule has 1 N–H and O–H groups in total. The maximum Gasteiger partial charge on any atom is 0.240 e. The minimum Gasteiger partial charge on any atom is -0.210 e. The highest BCUT2D eigenvalue weighted by Gasteiger charge is 2.11. The zero-order valence-electron chi connectivity index (χ0n) is 12.0. The highest BCUT2D eigenvalue weighted by atomic mass is 32.2. The lowest BCUT2D eigenvalue weighted by molar-refractivity contribution is 0.584. The summed E-state index contributed by atoms with van der Waals surface area (Å²) in [6.07, 6.45) is 0. The Balaban J connectivity index is 1.77. The predicted octanol–water partition coefficient (Wildman–Crippen LogP) is 3.21. The Morgan fingerprint density at radius 2 is 1.67 bits per heavy atom. The summed E-state index contributed by atoms with van der Waals surface area (Å²) in [5.41, 5.74) is 2.57. The number of nitrogens with one attached hydrogen (secondary N) is 1. The molecule has 0 saturated carbocycles. The number of hydrogen-bond acceptors (Lipinski definition) is 3. The molecular weight excluding hydrogens is 302 g/mol. The van der Waals surface area contributed by atoms with E-state index >= 15 is 0 Å². The molecule has 2 aromatic carbocycles. The minimum atomic E-state index is -3.38. The van der Waals surface area contributed by atoms with Gasteiger partial charge in [-0.2, -0.15) is 11.8 Å². The van der Waals surface area contributed by atoms with Crippen molar-refractivity contribution in [1.29, 1.82) is 0 Å². The first-order valence-corrected chi connectivity index (χ1v) is 9.40. The summed E-state index contributed by atoms with van der Waals surface area (Å²) < 4.78 is 26.6. The van der Waals surface area contributed by atoms with Crippen LogP contribution in [0, 0.1) is 6.92 Å². The lowest BCUT2D eigenvalue weighted by Gasteiger charge is -2.07. The highest BCUT2D eigenvalue weighted by Crippen LogP contribution is 2.15. The van der Waals surface area contributed by atoms with E-state index in [9.17, 15) is 8.42 Å². The molecule has 0 spiro atoms. The van der Waals surface area contributed by atoms with Crippen LogP contribution >= 0.6 is 11.8 Å². The third kappa shape index (κ3) is 4.88. The molecule has 2 rings (SSSR count). The van der Waals surface area contributed by atoms with Crippen molar-refractivity contribution in [3.63, 3.8) is 0 Å².